The Morgan fingerprint density at radius 2 is 1.84 bits per heavy atom. The van der Waals surface area contributed by atoms with E-state index in [9.17, 15) is 14.4 Å². The van der Waals surface area contributed by atoms with Gasteiger partial charge in [-0.05, 0) is 65.2 Å². The summed E-state index contributed by atoms with van der Waals surface area (Å²) >= 11 is 12.1. The molecule has 0 fully saturated rings. The van der Waals surface area contributed by atoms with E-state index < -0.39 is 11.9 Å². The summed E-state index contributed by atoms with van der Waals surface area (Å²) in [6.07, 6.45) is 2.76. The van der Waals surface area contributed by atoms with Gasteiger partial charge in [0.05, 0.1) is 13.0 Å². The SMILES string of the molecule is COc1cc(C2C(C#N)=C(N)Oc3cc(OC(=O)/C=C/c4ccc(Cl)cc4Cl)ccc32)ccc1OCc1ccc(F)cc1. The Morgan fingerprint density at radius 1 is 1.05 bits per heavy atom. The number of fused-ring (bicyclic) bond motifs is 1. The Kier molecular flexibility index (Phi) is 8.86. The van der Waals surface area contributed by atoms with Gasteiger partial charge in [0, 0.05) is 27.8 Å². The smallest absolute Gasteiger partial charge is 0.336 e. The van der Waals surface area contributed by atoms with E-state index in [0.717, 1.165) is 5.56 Å². The molecular formula is C33H23Cl2FN2O5. The van der Waals surface area contributed by atoms with Crippen molar-refractivity contribution in [3.8, 4) is 29.1 Å². The van der Waals surface area contributed by atoms with E-state index in [2.05, 4.69) is 6.07 Å². The van der Waals surface area contributed by atoms with Crippen LogP contribution in [0.2, 0.25) is 10.0 Å². The maximum absolute atomic E-state index is 13.2. The molecule has 1 aliphatic heterocycles. The van der Waals surface area contributed by atoms with Crippen LogP contribution < -0.4 is 24.7 Å². The van der Waals surface area contributed by atoms with E-state index in [4.69, 9.17) is 47.9 Å². The molecule has 0 aromatic heterocycles. The van der Waals surface area contributed by atoms with Crippen LogP contribution in [0.15, 0.2) is 96.4 Å². The summed E-state index contributed by atoms with van der Waals surface area (Å²) < 4.78 is 35.9. The highest BCUT2D eigenvalue weighted by Gasteiger charge is 2.31. The van der Waals surface area contributed by atoms with E-state index in [1.807, 2.05) is 0 Å². The number of carbonyl (C=O) groups is 1. The van der Waals surface area contributed by atoms with Crippen LogP contribution in [0.1, 0.15) is 28.2 Å². The summed E-state index contributed by atoms with van der Waals surface area (Å²) in [5, 5.41) is 10.8. The van der Waals surface area contributed by atoms with Crippen LogP contribution in [0.25, 0.3) is 6.08 Å². The zero-order valence-corrected chi connectivity index (χ0v) is 24.2. The number of methoxy groups -OCH3 is 1. The molecule has 0 saturated heterocycles. The molecule has 1 atom stereocenters. The van der Waals surface area contributed by atoms with Gasteiger partial charge in [0.25, 0.3) is 0 Å². The predicted molar refractivity (Wildman–Crippen MR) is 161 cm³/mol. The third-order valence-corrected chi connectivity index (χ3v) is 7.16. The van der Waals surface area contributed by atoms with Gasteiger partial charge in [0.15, 0.2) is 11.5 Å². The third kappa shape index (κ3) is 6.75. The fourth-order valence-electron chi connectivity index (χ4n) is 4.51. The first kappa shape index (κ1) is 29.5. The average Bonchev–Trinajstić information content (AvgIpc) is 2.99. The first-order valence-electron chi connectivity index (χ1n) is 12.9. The van der Waals surface area contributed by atoms with Gasteiger partial charge in [-0.2, -0.15) is 5.26 Å². The molecule has 10 heteroatoms. The average molecular weight is 617 g/mol. The van der Waals surface area contributed by atoms with Crippen LogP contribution in [0.4, 0.5) is 4.39 Å². The Bertz CT molecular complexity index is 1800. The largest absolute Gasteiger partial charge is 0.493 e. The quantitative estimate of drug-likeness (QED) is 0.124. The monoisotopic (exact) mass is 616 g/mol. The third-order valence-electron chi connectivity index (χ3n) is 6.60. The van der Waals surface area contributed by atoms with Gasteiger partial charge in [-0.1, -0.05) is 53.5 Å². The topological polar surface area (TPSA) is 104 Å². The second kappa shape index (κ2) is 12.9. The number of esters is 1. The number of nitrogens with two attached hydrogens (primary N) is 1. The van der Waals surface area contributed by atoms with Crippen LogP contribution in [0.5, 0.6) is 23.0 Å². The summed E-state index contributed by atoms with van der Waals surface area (Å²) in [6.45, 7) is 0.204. The molecule has 5 rings (SSSR count). The Balaban J connectivity index is 1.38. The van der Waals surface area contributed by atoms with Crippen molar-refractivity contribution in [3.63, 3.8) is 0 Å². The van der Waals surface area contributed by atoms with Crippen molar-refractivity contribution in [2.45, 2.75) is 12.5 Å². The second-order valence-electron chi connectivity index (χ2n) is 9.37. The lowest BCUT2D eigenvalue weighted by Crippen LogP contribution is -2.21. The first-order valence-corrected chi connectivity index (χ1v) is 13.6. The van der Waals surface area contributed by atoms with Crippen molar-refractivity contribution < 1.29 is 28.1 Å². The van der Waals surface area contributed by atoms with Crippen LogP contribution >= 0.6 is 23.2 Å². The minimum absolute atomic E-state index is 0.0728. The van der Waals surface area contributed by atoms with Gasteiger partial charge >= 0.3 is 5.97 Å². The summed E-state index contributed by atoms with van der Waals surface area (Å²) in [5.74, 6) is -0.195. The number of rotatable bonds is 8. The molecular weight excluding hydrogens is 594 g/mol. The lowest BCUT2D eigenvalue weighted by Gasteiger charge is -2.27. The molecule has 0 radical (unpaired) electrons. The number of benzene rings is 4. The van der Waals surface area contributed by atoms with Crippen LogP contribution in [-0.4, -0.2) is 13.1 Å². The lowest BCUT2D eigenvalue weighted by molar-refractivity contribution is -0.128. The zero-order valence-electron chi connectivity index (χ0n) is 22.6. The van der Waals surface area contributed by atoms with Gasteiger partial charge in [-0.25, -0.2) is 9.18 Å². The second-order valence-corrected chi connectivity index (χ2v) is 10.2. The van der Waals surface area contributed by atoms with E-state index in [1.54, 1.807) is 60.7 Å². The van der Waals surface area contributed by atoms with Gasteiger partial charge in [0.1, 0.15) is 35.6 Å². The fraction of sp³-hybridized carbons (Fsp3) is 0.0909. The van der Waals surface area contributed by atoms with Gasteiger partial charge in [-0.15, -0.1) is 0 Å². The van der Waals surface area contributed by atoms with E-state index in [-0.39, 0.29) is 29.6 Å². The van der Waals surface area contributed by atoms with Crippen molar-refractivity contribution in [1.82, 2.24) is 0 Å². The molecule has 4 aromatic rings. The summed E-state index contributed by atoms with van der Waals surface area (Å²) in [6, 6.07) is 23.2. The minimum Gasteiger partial charge on any atom is -0.493 e. The molecule has 1 heterocycles. The van der Waals surface area contributed by atoms with Gasteiger partial charge in [0.2, 0.25) is 5.88 Å². The molecule has 0 saturated carbocycles. The summed E-state index contributed by atoms with van der Waals surface area (Å²) in [5.41, 5.74) is 9.08. The van der Waals surface area contributed by atoms with Crippen molar-refractivity contribution in [3.05, 3.63) is 135 Å². The van der Waals surface area contributed by atoms with E-state index in [0.29, 0.717) is 44.0 Å². The van der Waals surface area contributed by atoms with E-state index >= 15 is 0 Å². The highest BCUT2D eigenvalue weighted by atomic mass is 35.5. The Hall–Kier alpha value is -4.97. The summed E-state index contributed by atoms with van der Waals surface area (Å²) in [4.78, 5) is 12.5. The number of nitrogens with zero attached hydrogens (tertiary/aromatic N) is 1. The maximum atomic E-state index is 13.2. The number of ether oxygens (including phenoxy) is 4. The fourth-order valence-corrected chi connectivity index (χ4v) is 4.98. The van der Waals surface area contributed by atoms with E-state index in [1.165, 1.54) is 37.5 Å². The van der Waals surface area contributed by atoms with Crippen molar-refractivity contribution in [2.75, 3.05) is 7.11 Å². The van der Waals surface area contributed by atoms with Crippen LogP contribution in [0.3, 0.4) is 0 Å². The standard InChI is InChI=1S/C33H23Cl2FN2O5/c1-40-30-14-21(5-12-28(30)41-18-19-2-8-23(36)9-3-19)32-25-11-10-24(16-29(25)43-33(38)26(32)17-37)42-31(39)13-6-20-4-7-22(34)15-27(20)35/h2-16,32H,18,38H2,1H3/b13-6+. The zero-order chi connectivity index (χ0) is 30.5. The molecule has 0 amide bonds. The number of carbonyl (C=O) groups excluding carboxylic acids is 1. The predicted octanol–water partition coefficient (Wildman–Crippen LogP) is 7.56. The molecule has 7 nitrogen and oxygen atoms in total. The number of halogens is 3. The number of hydrogen-bond donors (Lipinski definition) is 1. The molecule has 0 bridgehead atoms. The van der Waals surface area contributed by atoms with Crippen molar-refractivity contribution in [2.24, 2.45) is 5.73 Å². The highest BCUT2D eigenvalue weighted by Crippen LogP contribution is 2.45. The van der Waals surface area contributed by atoms with Crippen molar-refractivity contribution in [1.29, 1.82) is 5.26 Å². The van der Waals surface area contributed by atoms with Crippen LogP contribution in [-0.2, 0) is 11.4 Å². The molecule has 0 spiro atoms. The van der Waals surface area contributed by atoms with Gasteiger partial charge < -0.3 is 24.7 Å². The molecule has 1 unspecified atom stereocenters. The van der Waals surface area contributed by atoms with Crippen molar-refractivity contribution >= 4 is 35.2 Å². The Labute approximate surface area is 257 Å². The van der Waals surface area contributed by atoms with Crippen LogP contribution in [0, 0.1) is 17.1 Å². The number of allylic oxidation sites excluding steroid dienone is 1. The lowest BCUT2D eigenvalue weighted by atomic mass is 9.83. The number of hydrogen-bond acceptors (Lipinski definition) is 7. The molecule has 1 aliphatic rings. The highest BCUT2D eigenvalue weighted by molar-refractivity contribution is 6.35. The molecule has 4 aromatic carbocycles. The molecule has 216 valence electrons. The first-order chi connectivity index (χ1) is 20.7. The molecule has 2 N–H and O–H groups in total. The van der Waals surface area contributed by atoms with Gasteiger partial charge in [-0.3, -0.25) is 0 Å². The minimum atomic E-state index is -0.638. The number of nitriles is 1. The Morgan fingerprint density at radius 3 is 2.56 bits per heavy atom. The molecule has 43 heavy (non-hydrogen) atoms. The summed E-state index contributed by atoms with van der Waals surface area (Å²) in [7, 11) is 1.51. The normalized spacial score (nSPS) is 14.1. The molecule has 0 aliphatic carbocycles. The maximum Gasteiger partial charge on any atom is 0.336 e.